The number of nitrogens with zero attached hydrogens (tertiary/aromatic N) is 1. The van der Waals surface area contributed by atoms with Crippen LogP contribution in [0.3, 0.4) is 0 Å². The molecule has 4 nitrogen and oxygen atoms in total. The SMILES string of the molecule is CC(c1ccccc1O)N(C)C(=O)OCc1ccccc1. The molecule has 21 heavy (non-hydrogen) atoms. The van der Waals surface area contributed by atoms with Crippen molar-refractivity contribution in [3.8, 4) is 5.75 Å². The molecule has 1 unspecified atom stereocenters. The van der Waals surface area contributed by atoms with Gasteiger partial charge in [0.2, 0.25) is 0 Å². The van der Waals surface area contributed by atoms with Crippen LogP contribution in [0.2, 0.25) is 0 Å². The normalized spacial score (nSPS) is 11.7. The van der Waals surface area contributed by atoms with Crippen LogP contribution in [-0.2, 0) is 11.3 Å². The standard InChI is InChI=1S/C17H19NO3/c1-13(15-10-6-7-11-16(15)19)18(2)17(20)21-12-14-8-4-3-5-9-14/h3-11,13,19H,12H2,1-2H3. The zero-order chi connectivity index (χ0) is 15.2. The van der Waals surface area contributed by atoms with E-state index in [2.05, 4.69) is 0 Å². The molecule has 0 saturated heterocycles. The first-order chi connectivity index (χ1) is 10.1. The Bertz CT molecular complexity index is 598. The number of benzene rings is 2. The molecule has 0 saturated carbocycles. The van der Waals surface area contributed by atoms with Crippen LogP contribution >= 0.6 is 0 Å². The van der Waals surface area contributed by atoms with Gasteiger partial charge >= 0.3 is 6.09 Å². The molecule has 2 rings (SSSR count). The van der Waals surface area contributed by atoms with Crippen LogP contribution in [-0.4, -0.2) is 23.1 Å². The topological polar surface area (TPSA) is 49.8 Å². The summed E-state index contributed by atoms with van der Waals surface area (Å²) in [6, 6.07) is 16.2. The summed E-state index contributed by atoms with van der Waals surface area (Å²) in [5, 5.41) is 9.84. The summed E-state index contributed by atoms with van der Waals surface area (Å²) in [6.45, 7) is 2.08. The van der Waals surface area contributed by atoms with Crippen LogP contribution in [0.15, 0.2) is 54.6 Å². The molecule has 0 aliphatic carbocycles. The minimum Gasteiger partial charge on any atom is -0.508 e. The number of phenols is 1. The Morgan fingerprint density at radius 2 is 1.76 bits per heavy atom. The van der Waals surface area contributed by atoms with Gasteiger partial charge in [-0.3, -0.25) is 0 Å². The van der Waals surface area contributed by atoms with Crippen LogP contribution in [0.5, 0.6) is 5.75 Å². The zero-order valence-corrected chi connectivity index (χ0v) is 12.2. The number of amides is 1. The van der Waals surface area contributed by atoms with Crippen molar-refractivity contribution in [2.45, 2.75) is 19.6 Å². The highest BCUT2D eigenvalue weighted by molar-refractivity contribution is 5.68. The summed E-state index contributed by atoms with van der Waals surface area (Å²) < 4.78 is 5.28. The summed E-state index contributed by atoms with van der Waals surface area (Å²) in [5.41, 5.74) is 1.63. The van der Waals surface area contributed by atoms with Crippen LogP contribution in [0, 0.1) is 0 Å². The van der Waals surface area contributed by atoms with Gasteiger partial charge in [0.15, 0.2) is 0 Å². The maximum absolute atomic E-state index is 12.1. The lowest BCUT2D eigenvalue weighted by molar-refractivity contribution is 0.0931. The first-order valence-electron chi connectivity index (χ1n) is 6.81. The number of aromatic hydroxyl groups is 1. The van der Waals surface area contributed by atoms with Crippen molar-refractivity contribution in [1.29, 1.82) is 0 Å². The number of ether oxygens (including phenoxy) is 1. The van der Waals surface area contributed by atoms with Crippen molar-refractivity contribution < 1.29 is 14.6 Å². The first-order valence-corrected chi connectivity index (χ1v) is 6.81. The Morgan fingerprint density at radius 3 is 2.43 bits per heavy atom. The molecule has 0 aromatic heterocycles. The van der Waals surface area contributed by atoms with Gasteiger partial charge in [-0.05, 0) is 18.6 Å². The predicted molar refractivity (Wildman–Crippen MR) is 80.9 cm³/mol. The van der Waals surface area contributed by atoms with E-state index in [-0.39, 0.29) is 18.4 Å². The molecule has 0 spiro atoms. The molecular formula is C17H19NO3. The van der Waals surface area contributed by atoms with E-state index in [1.165, 1.54) is 4.90 Å². The van der Waals surface area contributed by atoms with Crippen LogP contribution in [0.25, 0.3) is 0 Å². The van der Waals surface area contributed by atoms with E-state index >= 15 is 0 Å². The van der Waals surface area contributed by atoms with Crippen molar-refractivity contribution in [2.24, 2.45) is 0 Å². The van der Waals surface area contributed by atoms with Gasteiger partial charge in [0, 0.05) is 12.6 Å². The lowest BCUT2D eigenvalue weighted by Gasteiger charge is -2.25. The fourth-order valence-electron chi connectivity index (χ4n) is 2.03. The van der Waals surface area contributed by atoms with E-state index in [1.54, 1.807) is 25.2 Å². The molecule has 0 aliphatic heterocycles. The van der Waals surface area contributed by atoms with Crippen molar-refractivity contribution >= 4 is 6.09 Å². The highest BCUT2D eigenvalue weighted by Crippen LogP contribution is 2.27. The zero-order valence-electron chi connectivity index (χ0n) is 12.2. The number of phenolic OH excluding ortho intramolecular Hbond substituents is 1. The highest BCUT2D eigenvalue weighted by Gasteiger charge is 2.20. The summed E-state index contributed by atoms with van der Waals surface area (Å²) in [6.07, 6.45) is -0.422. The Labute approximate surface area is 124 Å². The van der Waals surface area contributed by atoms with Crippen molar-refractivity contribution in [1.82, 2.24) is 4.90 Å². The minimum absolute atomic E-state index is 0.174. The maximum atomic E-state index is 12.1. The van der Waals surface area contributed by atoms with Crippen molar-refractivity contribution in [3.63, 3.8) is 0 Å². The Morgan fingerprint density at radius 1 is 1.14 bits per heavy atom. The number of carbonyl (C=O) groups excluding carboxylic acids is 1. The largest absolute Gasteiger partial charge is 0.508 e. The average Bonchev–Trinajstić information content (AvgIpc) is 2.52. The smallest absolute Gasteiger partial charge is 0.410 e. The predicted octanol–water partition coefficient (Wildman–Crippen LogP) is 3.72. The van der Waals surface area contributed by atoms with Gasteiger partial charge in [0.1, 0.15) is 12.4 Å². The lowest BCUT2D eigenvalue weighted by atomic mass is 10.1. The molecule has 2 aromatic rings. The molecule has 0 bridgehead atoms. The van der Waals surface area contributed by atoms with Crippen molar-refractivity contribution in [3.05, 3.63) is 65.7 Å². The molecule has 110 valence electrons. The number of hydrogen-bond donors (Lipinski definition) is 1. The number of para-hydroxylation sites is 1. The fraction of sp³-hybridized carbons (Fsp3) is 0.235. The average molecular weight is 285 g/mol. The van der Waals surface area contributed by atoms with Crippen molar-refractivity contribution in [2.75, 3.05) is 7.05 Å². The van der Waals surface area contributed by atoms with Crippen LogP contribution in [0.1, 0.15) is 24.1 Å². The van der Waals surface area contributed by atoms with Gasteiger partial charge in [-0.15, -0.1) is 0 Å². The second-order valence-electron chi connectivity index (χ2n) is 4.89. The first kappa shape index (κ1) is 14.9. The molecule has 1 amide bonds. The third-order valence-corrected chi connectivity index (χ3v) is 3.46. The van der Waals surface area contributed by atoms with Gasteiger partial charge < -0.3 is 14.7 Å². The van der Waals surface area contributed by atoms with E-state index < -0.39 is 6.09 Å². The van der Waals surface area contributed by atoms with Gasteiger partial charge in [0.05, 0.1) is 6.04 Å². The molecule has 0 radical (unpaired) electrons. The maximum Gasteiger partial charge on any atom is 0.410 e. The second-order valence-corrected chi connectivity index (χ2v) is 4.89. The number of carbonyl (C=O) groups is 1. The number of hydrogen-bond acceptors (Lipinski definition) is 3. The highest BCUT2D eigenvalue weighted by atomic mass is 16.6. The molecule has 2 aromatic carbocycles. The fourth-order valence-corrected chi connectivity index (χ4v) is 2.03. The molecule has 0 heterocycles. The molecule has 0 fully saturated rings. The van der Waals surface area contributed by atoms with Gasteiger partial charge in [-0.2, -0.15) is 0 Å². The van der Waals surface area contributed by atoms with Gasteiger partial charge in [-0.1, -0.05) is 48.5 Å². The molecule has 1 N–H and O–H groups in total. The third-order valence-electron chi connectivity index (χ3n) is 3.46. The summed E-state index contributed by atoms with van der Waals surface area (Å²) in [7, 11) is 1.66. The van der Waals surface area contributed by atoms with Gasteiger partial charge in [0.25, 0.3) is 0 Å². The third kappa shape index (κ3) is 3.75. The van der Waals surface area contributed by atoms with E-state index in [1.807, 2.05) is 43.3 Å². The second kappa shape index (κ2) is 6.79. The Balaban J connectivity index is 1.97. The molecule has 4 heteroatoms. The quantitative estimate of drug-likeness (QED) is 0.931. The van der Waals surface area contributed by atoms with E-state index in [0.717, 1.165) is 5.56 Å². The van der Waals surface area contributed by atoms with Crippen LogP contribution < -0.4 is 0 Å². The minimum atomic E-state index is -0.422. The monoisotopic (exact) mass is 285 g/mol. The molecule has 1 atom stereocenters. The Hall–Kier alpha value is -2.49. The van der Waals surface area contributed by atoms with E-state index in [0.29, 0.717) is 5.56 Å². The van der Waals surface area contributed by atoms with E-state index in [4.69, 9.17) is 4.74 Å². The number of rotatable bonds is 4. The molecule has 0 aliphatic rings. The van der Waals surface area contributed by atoms with E-state index in [9.17, 15) is 9.90 Å². The van der Waals surface area contributed by atoms with Gasteiger partial charge in [-0.25, -0.2) is 4.79 Å². The summed E-state index contributed by atoms with van der Waals surface area (Å²) >= 11 is 0. The Kier molecular flexibility index (Phi) is 4.82. The lowest BCUT2D eigenvalue weighted by Crippen LogP contribution is -2.30. The van der Waals surface area contributed by atoms with Crippen LogP contribution in [0.4, 0.5) is 4.79 Å². The summed E-state index contributed by atoms with van der Waals surface area (Å²) in [4.78, 5) is 13.5. The molecular weight excluding hydrogens is 266 g/mol. The summed E-state index contributed by atoms with van der Waals surface area (Å²) in [5.74, 6) is 0.174.